The summed E-state index contributed by atoms with van der Waals surface area (Å²) in [7, 11) is -3.92. The molecule has 0 saturated carbocycles. The Morgan fingerprint density at radius 3 is 2.00 bits per heavy atom. The Hall–Kier alpha value is -0.980. The number of nitrogens with two attached hydrogens (primary N) is 1. The molecule has 0 fully saturated rings. The fourth-order valence-electron chi connectivity index (χ4n) is 1.98. The minimum atomic E-state index is -3.92. The van der Waals surface area contributed by atoms with E-state index in [1.165, 1.54) is 24.3 Å². The number of hydrogen-bond donors (Lipinski definition) is 2. The van der Waals surface area contributed by atoms with Gasteiger partial charge in [0.15, 0.2) is 0 Å². The number of sulfonamides is 1. The normalized spacial score (nSPS) is 16.3. The Morgan fingerprint density at radius 2 is 1.67 bits per heavy atom. The molecule has 2 unspecified atom stereocenters. The summed E-state index contributed by atoms with van der Waals surface area (Å²) in [5, 5.41) is 14.2. The van der Waals surface area contributed by atoms with Crippen LogP contribution in [0.5, 0.6) is 0 Å². The highest BCUT2D eigenvalue weighted by atomic mass is 32.2. The second-order valence-corrected chi connectivity index (χ2v) is 7.06. The quantitative estimate of drug-likeness (QED) is 0.878. The summed E-state index contributed by atoms with van der Waals surface area (Å²) in [5.41, 5.74) is -0.410. The van der Waals surface area contributed by atoms with Crippen molar-refractivity contribution in [1.29, 1.82) is 0 Å². The molecule has 0 aliphatic heterocycles. The van der Waals surface area contributed by atoms with Gasteiger partial charge in [0, 0.05) is 0 Å². The summed E-state index contributed by atoms with van der Waals surface area (Å²) in [6, 6.07) is 5.04. The van der Waals surface area contributed by atoms with Crippen molar-refractivity contribution in [2.45, 2.75) is 32.1 Å². The van der Waals surface area contributed by atoms with E-state index in [0.717, 1.165) is 0 Å². The number of rotatable bonds is 3. The van der Waals surface area contributed by atoms with Crippen LogP contribution >= 0.6 is 0 Å². The van der Waals surface area contributed by atoms with Gasteiger partial charge < -0.3 is 5.11 Å². The zero-order chi connectivity index (χ0) is 14.1. The van der Waals surface area contributed by atoms with Crippen LogP contribution in [0.4, 0.5) is 4.39 Å². The maximum Gasteiger partial charge on any atom is 0.215 e. The van der Waals surface area contributed by atoms with Crippen molar-refractivity contribution >= 4 is 10.0 Å². The lowest BCUT2D eigenvalue weighted by molar-refractivity contribution is 0.126. The lowest BCUT2D eigenvalue weighted by Crippen LogP contribution is -2.43. The largest absolute Gasteiger partial charge is 0.387 e. The van der Waals surface area contributed by atoms with Crippen LogP contribution in [0.25, 0.3) is 0 Å². The van der Waals surface area contributed by atoms with E-state index in [0.29, 0.717) is 5.56 Å². The fraction of sp³-hybridized carbons (Fsp3) is 0.500. The van der Waals surface area contributed by atoms with E-state index < -0.39 is 32.6 Å². The Labute approximate surface area is 107 Å². The van der Waals surface area contributed by atoms with Gasteiger partial charge in [-0.1, -0.05) is 32.9 Å². The van der Waals surface area contributed by atoms with E-state index in [1.54, 1.807) is 20.8 Å². The van der Waals surface area contributed by atoms with Crippen LogP contribution in [-0.2, 0) is 10.0 Å². The molecular weight excluding hydrogens is 257 g/mol. The molecule has 0 aliphatic carbocycles. The monoisotopic (exact) mass is 275 g/mol. The Balaban J connectivity index is 3.19. The molecule has 102 valence electrons. The molecule has 4 nitrogen and oxygen atoms in total. The molecule has 1 aromatic rings. The van der Waals surface area contributed by atoms with E-state index in [2.05, 4.69) is 0 Å². The van der Waals surface area contributed by atoms with Gasteiger partial charge in [0.2, 0.25) is 10.0 Å². The predicted octanol–water partition coefficient (Wildman–Crippen LogP) is 1.56. The molecule has 1 aromatic carbocycles. The van der Waals surface area contributed by atoms with Crippen LogP contribution in [0.1, 0.15) is 32.4 Å². The summed E-state index contributed by atoms with van der Waals surface area (Å²) in [6.45, 7) is 5.03. The molecule has 0 spiro atoms. The third-order valence-corrected chi connectivity index (χ3v) is 4.38. The van der Waals surface area contributed by atoms with Crippen molar-refractivity contribution in [3.05, 3.63) is 35.6 Å². The van der Waals surface area contributed by atoms with E-state index in [9.17, 15) is 17.9 Å². The number of aliphatic hydroxyl groups is 1. The van der Waals surface area contributed by atoms with Crippen molar-refractivity contribution in [2.24, 2.45) is 10.6 Å². The SMILES string of the molecule is CC(C)(C)C(C(O)c1ccc(F)cc1)S(N)(=O)=O. The highest BCUT2D eigenvalue weighted by Crippen LogP contribution is 2.34. The van der Waals surface area contributed by atoms with Gasteiger partial charge in [-0.05, 0) is 23.1 Å². The molecule has 0 heterocycles. The van der Waals surface area contributed by atoms with Crippen LogP contribution in [0, 0.1) is 11.2 Å². The number of aliphatic hydroxyl groups excluding tert-OH is 1. The molecule has 3 N–H and O–H groups in total. The highest BCUT2D eigenvalue weighted by molar-refractivity contribution is 7.89. The number of hydrogen-bond acceptors (Lipinski definition) is 3. The lowest BCUT2D eigenvalue weighted by atomic mass is 9.86. The zero-order valence-electron chi connectivity index (χ0n) is 10.6. The van der Waals surface area contributed by atoms with Gasteiger partial charge in [0.25, 0.3) is 0 Å². The number of halogens is 1. The third kappa shape index (κ3) is 3.51. The van der Waals surface area contributed by atoms with Crippen LogP contribution < -0.4 is 5.14 Å². The fourth-order valence-corrected chi connectivity index (χ4v) is 3.48. The first-order valence-electron chi connectivity index (χ1n) is 5.48. The molecular formula is C12H18FNO3S. The topological polar surface area (TPSA) is 80.4 Å². The van der Waals surface area contributed by atoms with E-state index >= 15 is 0 Å². The van der Waals surface area contributed by atoms with Gasteiger partial charge in [-0.25, -0.2) is 17.9 Å². The molecule has 0 aliphatic rings. The van der Waals surface area contributed by atoms with Crippen LogP contribution in [0.2, 0.25) is 0 Å². The van der Waals surface area contributed by atoms with Crippen molar-refractivity contribution in [1.82, 2.24) is 0 Å². The Morgan fingerprint density at radius 1 is 1.22 bits per heavy atom. The van der Waals surface area contributed by atoms with Gasteiger partial charge in [0.1, 0.15) is 11.1 Å². The van der Waals surface area contributed by atoms with Gasteiger partial charge in [-0.15, -0.1) is 0 Å². The van der Waals surface area contributed by atoms with Gasteiger partial charge in [-0.3, -0.25) is 0 Å². The number of benzene rings is 1. The second-order valence-electron chi connectivity index (χ2n) is 5.37. The summed E-state index contributed by atoms with van der Waals surface area (Å²) >= 11 is 0. The summed E-state index contributed by atoms with van der Waals surface area (Å²) in [5.74, 6) is -0.450. The molecule has 1 rings (SSSR count). The molecule has 6 heteroatoms. The molecule has 0 radical (unpaired) electrons. The lowest BCUT2D eigenvalue weighted by Gasteiger charge is -2.32. The minimum Gasteiger partial charge on any atom is -0.387 e. The average Bonchev–Trinajstić information content (AvgIpc) is 2.13. The maximum absolute atomic E-state index is 12.8. The minimum absolute atomic E-state index is 0.324. The van der Waals surface area contributed by atoms with E-state index in [4.69, 9.17) is 5.14 Å². The van der Waals surface area contributed by atoms with E-state index in [-0.39, 0.29) is 0 Å². The van der Waals surface area contributed by atoms with Gasteiger partial charge >= 0.3 is 0 Å². The first-order valence-corrected chi connectivity index (χ1v) is 7.09. The molecule has 0 amide bonds. The molecule has 0 bridgehead atoms. The van der Waals surface area contributed by atoms with Crippen molar-refractivity contribution < 1.29 is 17.9 Å². The van der Waals surface area contributed by atoms with Crippen LogP contribution in [0.15, 0.2) is 24.3 Å². The number of primary sulfonamides is 1. The first kappa shape index (κ1) is 15.1. The third-order valence-electron chi connectivity index (χ3n) is 2.71. The second kappa shape index (κ2) is 4.95. The van der Waals surface area contributed by atoms with E-state index in [1.807, 2.05) is 0 Å². The van der Waals surface area contributed by atoms with Crippen LogP contribution in [-0.4, -0.2) is 18.8 Å². The van der Waals surface area contributed by atoms with Crippen molar-refractivity contribution in [3.63, 3.8) is 0 Å². The molecule has 0 aromatic heterocycles. The molecule has 2 atom stereocenters. The Kier molecular flexibility index (Phi) is 4.15. The zero-order valence-corrected chi connectivity index (χ0v) is 11.4. The predicted molar refractivity (Wildman–Crippen MR) is 67.7 cm³/mol. The standard InChI is InChI=1S/C12H18FNO3S/c1-12(2,3)11(18(14,16)17)10(15)8-4-6-9(13)7-5-8/h4-7,10-11,15H,1-3H3,(H2,14,16,17). The maximum atomic E-state index is 12.8. The summed E-state index contributed by atoms with van der Waals surface area (Å²) < 4.78 is 36.0. The molecule has 18 heavy (non-hydrogen) atoms. The summed E-state index contributed by atoms with van der Waals surface area (Å²) in [4.78, 5) is 0. The average molecular weight is 275 g/mol. The van der Waals surface area contributed by atoms with Gasteiger partial charge in [-0.2, -0.15) is 0 Å². The van der Waals surface area contributed by atoms with Crippen LogP contribution in [0.3, 0.4) is 0 Å². The van der Waals surface area contributed by atoms with Gasteiger partial charge in [0.05, 0.1) is 6.10 Å². The highest BCUT2D eigenvalue weighted by Gasteiger charge is 2.40. The molecule has 0 saturated heterocycles. The van der Waals surface area contributed by atoms with Crippen molar-refractivity contribution in [3.8, 4) is 0 Å². The first-order chi connectivity index (χ1) is 8.03. The van der Waals surface area contributed by atoms with Crippen molar-refractivity contribution in [2.75, 3.05) is 0 Å². The summed E-state index contributed by atoms with van der Waals surface area (Å²) in [6.07, 6.45) is -1.29. The Bertz CT molecular complexity index is 505. The smallest absolute Gasteiger partial charge is 0.215 e.